The minimum atomic E-state index is -3.86. The number of sulfonamides is 1. The molecule has 0 spiro atoms. The summed E-state index contributed by atoms with van der Waals surface area (Å²) in [7, 11) is -0.709. The highest BCUT2D eigenvalue weighted by Gasteiger charge is 2.61. The Kier molecular flexibility index (Phi) is 11.6. The van der Waals surface area contributed by atoms with Crippen LogP contribution in [-0.4, -0.2) is 85.8 Å². The van der Waals surface area contributed by atoms with E-state index in [-0.39, 0.29) is 31.7 Å². The fourth-order valence-corrected chi connectivity index (χ4v) is 9.39. The molecule has 3 N–H and O–H groups in total. The van der Waals surface area contributed by atoms with Gasteiger partial charge in [-0.05, 0) is 60.6 Å². The molecular weight excluding hydrogens is 794 g/mol. The normalized spacial score (nSPS) is 21.9. The minimum Gasteiger partial charge on any atom is -0.496 e. The molecule has 1 aromatic heterocycles. The number of benzene rings is 3. The Bertz CT molecular complexity index is 2390. The van der Waals surface area contributed by atoms with Crippen LogP contribution in [0, 0.1) is 11.3 Å². The Labute approximate surface area is 349 Å². The molecular formula is C44H50ClN5O8S. The molecule has 59 heavy (non-hydrogen) atoms. The third kappa shape index (κ3) is 8.84. The molecule has 1 unspecified atom stereocenters. The lowest BCUT2D eigenvalue weighted by atomic mass is 9.85. The van der Waals surface area contributed by atoms with Gasteiger partial charge in [-0.3, -0.25) is 19.1 Å². The number of pyridine rings is 1. The highest BCUT2D eigenvalue weighted by atomic mass is 35.5. The first-order valence-corrected chi connectivity index (χ1v) is 21.6. The maximum Gasteiger partial charge on any atom is 0.259 e. The number of methoxy groups -OCH3 is 2. The second-order valence-electron chi connectivity index (χ2n) is 16.6. The molecule has 3 aliphatic rings. The van der Waals surface area contributed by atoms with Crippen molar-refractivity contribution in [3.8, 4) is 28.5 Å². The van der Waals surface area contributed by atoms with E-state index < -0.39 is 62.1 Å². The van der Waals surface area contributed by atoms with Crippen LogP contribution in [0.5, 0.6) is 17.4 Å². The summed E-state index contributed by atoms with van der Waals surface area (Å²) in [5.74, 6) is -0.564. The number of anilines is 1. The average molecular weight is 844 g/mol. The number of likely N-dealkylation sites (tertiary alicyclic amines) is 1. The van der Waals surface area contributed by atoms with Crippen LogP contribution in [0.4, 0.5) is 5.69 Å². The average Bonchev–Trinajstić information content (AvgIpc) is 4.14. The van der Waals surface area contributed by atoms with Gasteiger partial charge in [-0.25, -0.2) is 13.4 Å². The van der Waals surface area contributed by atoms with Crippen molar-refractivity contribution >= 4 is 55.8 Å². The molecule has 13 nitrogen and oxygen atoms in total. The lowest BCUT2D eigenvalue weighted by Gasteiger charge is -2.36. The van der Waals surface area contributed by atoms with Crippen LogP contribution in [0.1, 0.15) is 52.9 Å². The van der Waals surface area contributed by atoms with Crippen LogP contribution < -0.4 is 29.6 Å². The first-order valence-electron chi connectivity index (χ1n) is 19.7. The smallest absolute Gasteiger partial charge is 0.259 e. The van der Waals surface area contributed by atoms with E-state index in [2.05, 4.69) is 26.9 Å². The van der Waals surface area contributed by atoms with Gasteiger partial charge in [0.25, 0.3) is 5.91 Å². The molecule has 3 aromatic carbocycles. The number of nitrogens with zero attached hydrogens (tertiary/aromatic N) is 2. The van der Waals surface area contributed by atoms with E-state index in [0.717, 1.165) is 16.5 Å². The predicted molar refractivity (Wildman–Crippen MR) is 227 cm³/mol. The topological polar surface area (TPSA) is 165 Å². The molecule has 3 fully saturated rings. The van der Waals surface area contributed by atoms with Crippen LogP contribution in [0.25, 0.3) is 21.9 Å². The van der Waals surface area contributed by atoms with Crippen LogP contribution in [-0.2, 0) is 24.4 Å². The molecule has 4 aromatic rings. The highest BCUT2D eigenvalue weighted by Crippen LogP contribution is 2.45. The number of fused-ring (bicyclic) bond motifs is 1. The summed E-state index contributed by atoms with van der Waals surface area (Å²) in [5.41, 5.74) is 0.476. The van der Waals surface area contributed by atoms with E-state index in [4.69, 9.17) is 25.8 Å². The van der Waals surface area contributed by atoms with Crippen LogP contribution in [0.2, 0.25) is 5.02 Å². The highest BCUT2D eigenvalue weighted by molar-refractivity contribution is 7.91. The fourth-order valence-electron chi connectivity index (χ4n) is 7.85. The van der Waals surface area contributed by atoms with Crippen molar-refractivity contribution in [3.05, 3.63) is 90.6 Å². The van der Waals surface area contributed by atoms with Gasteiger partial charge in [0.05, 0.1) is 32.2 Å². The molecule has 5 atom stereocenters. The van der Waals surface area contributed by atoms with E-state index in [1.165, 1.54) is 6.08 Å². The maximum absolute atomic E-state index is 15.0. The zero-order chi connectivity index (χ0) is 42.3. The monoisotopic (exact) mass is 843 g/mol. The first kappa shape index (κ1) is 41.8. The van der Waals surface area contributed by atoms with Gasteiger partial charge in [-0.1, -0.05) is 68.8 Å². The van der Waals surface area contributed by atoms with Crippen molar-refractivity contribution in [1.29, 1.82) is 0 Å². The van der Waals surface area contributed by atoms with Gasteiger partial charge >= 0.3 is 0 Å². The summed E-state index contributed by atoms with van der Waals surface area (Å²) in [5, 5.41) is 7.53. The standard InChI is InChI=1S/C44H50ClN5O8S/c1-7-27-23-44(27,42(53)49-59(54,55)32-15-16-32)48-38(51)22-30-21-31(58-40-35-19-28(45)13-17-34(35)37(57-6)24-46-40)25-50(30)41(52)39(43(2,3)4)47-29-14-18-33(36(20-29)56-5)26-11-9-8-10-12-26/h7-14,17-20,24,27,30-32,39,47H,1,15-16,21-23,25H2,2-6H3,(H,48,51)(H,49,53)/t27-,30+,31-,39?,44-/m1/s1. The third-order valence-electron chi connectivity index (χ3n) is 11.3. The van der Waals surface area contributed by atoms with E-state index in [1.54, 1.807) is 37.4 Å². The summed E-state index contributed by atoms with van der Waals surface area (Å²) in [4.78, 5) is 48.6. The van der Waals surface area contributed by atoms with Crippen molar-refractivity contribution in [2.75, 3.05) is 26.1 Å². The molecule has 0 bridgehead atoms. The Morgan fingerprint density at radius 2 is 1.75 bits per heavy atom. The number of rotatable bonds is 15. The molecule has 2 heterocycles. The number of ether oxygens (including phenoxy) is 3. The lowest BCUT2D eigenvalue weighted by Crippen LogP contribution is -2.54. The second kappa shape index (κ2) is 16.4. The van der Waals surface area contributed by atoms with Crippen LogP contribution in [0.15, 0.2) is 85.6 Å². The first-order chi connectivity index (χ1) is 28.1. The molecule has 1 aliphatic heterocycles. The third-order valence-corrected chi connectivity index (χ3v) is 13.4. The Morgan fingerprint density at radius 3 is 2.39 bits per heavy atom. The number of aromatic nitrogens is 1. The van der Waals surface area contributed by atoms with Gasteiger partial charge in [-0.2, -0.15) is 0 Å². The number of hydrogen-bond donors (Lipinski definition) is 3. The van der Waals surface area contributed by atoms with E-state index in [1.807, 2.05) is 75.4 Å². The van der Waals surface area contributed by atoms with E-state index >= 15 is 0 Å². The summed E-state index contributed by atoms with van der Waals surface area (Å²) in [6, 6.07) is 19.4. The lowest BCUT2D eigenvalue weighted by molar-refractivity contribution is -0.136. The van der Waals surface area contributed by atoms with Crippen LogP contribution >= 0.6 is 11.6 Å². The number of nitrogens with one attached hydrogen (secondary N) is 3. The quantitative estimate of drug-likeness (QED) is 0.113. The van der Waals surface area contributed by atoms with Crippen molar-refractivity contribution in [1.82, 2.24) is 19.9 Å². The number of halogens is 1. The van der Waals surface area contributed by atoms with Gasteiger partial charge in [0.15, 0.2) is 0 Å². The molecule has 0 radical (unpaired) electrons. The van der Waals surface area contributed by atoms with Gasteiger partial charge in [0.1, 0.15) is 29.2 Å². The number of hydrogen-bond acceptors (Lipinski definition) is 10. The molecule has 7 rings (SSSR count). The number of carbonyl (C=O) groups is 3. The predicted octanol–water partition coefficient (Wildman–Crippen LogP) is 6.51. The molecule has 15 heteroatoms. The zero-order valence-electron chi connectivity index (χ0n) is 33.8. The van der Waals surface area contributed by atoms with Gasteiger partial charge in [0, 0.05) is 57.9 Å². The van der Waals surface area contributed by atoms with Crippen molar-refractivity contribution in [2.45, 2.75) is 81.9 Å². The number of amides is 3. The Hall–Kier alpha value is -5.34. The largest absolute Gasteiger partial charge is 0.496 e. The molecule has 3 amide bonds. The van der Waals surface area contributed by atoms with Crippen molar-refractivity contribution in [2.24, 2.45) is 11.3 Å². The second-order valence-corrected chi connectivity index (χ2v) is 19.0. The molecule has 2 saturated carbocycles. The van der Waals surface area contributed by atoms with Gasteiger partial charge in [0.2, 0.25) is 27.7 Å². The van der Waals surface area contributed by atoms with E-state index in [0.29, 0.717) is 46.3 Å². The Morgan fingerprint density at radius 1 is 1.02 bits per heavy atom. The minimum absolute atomic E-state index is 0.123. The van der Waals surface area contributed by atoms with Crippen molar-refractivity contribution in [3.63, 3.8) is 0 Å². The Balaban J connectivity index is 1.17. The summed E-state index contributed by atoms with van der Waals surface area (Å²) in [6.07, 6.45) is 3.75. The maximum atomic E-state index is 15.0. The SMILES string of the molecule is C=C[C@@H]1C[C@]1(NC(=O)C[C@@H]1C[C@@H](Oc2ncc(OC)c3ccc(Cl)cc23)CN1C(=O)C(Nc1ccc(-c2ccccc2)c(OC)c1)C(C)(C)C)C(=O)NS(=O)(=O)C1CC1. The number of carbonyl (C=O) groups excluding carboxylic acids is 3. The summed E-state index contributed by atoms with van der Waals surface area (Å²) >= 11 is 6.40. The van der Waals surface area contributed by atoms with Crippen molar-refractivity contribution < 1.29 is 37.0 Å². The summed E-state index contributed by atoms with van der Waals surface area (Å²) in [6.45, 7) is 9.80. The van der Waals surface area contributed by atoms with E-state index in [9.17, 15) is 22.8 Å². The molecule has 1 saturated heterocycles. The molecule has 2 aliphatic carbocycles. The zero-order valence-corrected chi connectivity index (χ0v) is 35.4. The molecule has 312 valence electrons. The van der Waals surface area contributed by atoms with Crippen LogP contribution in [0.3, 0.4) is 0 Å². The van der Waals surface area contributed by atoms with Gasteiger partial charge in [-0.15, -0.1) is 6.58 Å². The summed E-state index contributed by atoms with van der Waals surface area (Å²) < 4.78 is 45.5. The fraction of sp³-hybridized carbons (Fsp3) is 0.409. The van der Waals surface area contributed by atoms with Gasteiger partial charge < -0.3 is 29.7 Å².